The lowest BCUT2D eigenvalue weighted by Gasteiger charge is -2.13. The van der Waals surface area contributed by atoms with E-state index in [9.17, 15) is 0 Å². The smallest absolute Gasteiger partial charge is 0.209 e. The molecule has 0 aliphatic carbocycles. The molecule has 1 rings (SSSR count). The number of hydrazine groups is 1. The summed E-state index contributed by atoms with van der Waals surface area (Å²) in [5.41, 5.74) is 7.23. The Morgan fingerprint density at radius 1 is 1.12 bits per heavy atom. The summed E-state index contributed by atoms with van der Waals surface area (Å²) in [6.07, 6.45) is 0. The lowest BCUT2D eigenvalue weighted by atomic mass is 10.1. The predicted molar refractivity (Wildman–Crippen MR) is 80.4 cm³/mol. The van der Waals surface area contributed by atoms with E-state index in [-0.39, 0.29) is 24.0 Å². The van der Waals surface area contributed by atoms with Gasteiger partial charge in [0.05, 0.1) is 0 Å². The van der Waals surface area contributed by atoms with Gasteiger partial charge in [0.15, 0.2) is 0 Å². The van der Waals surface area contributed by atoms with Gasteiger partial charge >= 0.3 is 0 Å². The number of aliphatic imine (C=N–C) groups is 1. The van der Waals surface area contributed by atoms with E-state index < -0.39 is 0 Å². The third-order valence-corrected chi connectivity index (χ3v) is 2.45. The SMILES string of the molecule is CN=C(NN)Nc1cc(C)c(C)cc1C.I. The van der Waals surface area contributed by atoms with Crippen LogP contribution in [-0.2, 0) is 0 Å². The van der Waals surface area contributed by atoms with Crippen LogP contribution in [0.25, 0.3) is 0 Å². The average molecular weight is 334 g/mol. The third kappa shape index (κ3) is 3.64. The lowest BCUT2D eigenvalue weighted by molar-refractivity contribution is 1.01. The van der Waals surface area contributed by atoms with Crippen molar-refractivity contribution in [3.05, 3.63) is 28.8 Å². The molecule has 0 radical (unpaired) electrons. The van der Waals surface area contributed by atoms with Gasteiger partial charge in [0, 0.05) is 12.7 Å². The molecule has 1 aromatic rings. The fraction of sp³-hybridized carbons (Fsp3) is 0.364. The number of rotatable bonds is 1. The Morgan fingerprint density at radius 2 is 1.69 bits per heavy atom. The quantitative estimate of drug-likeness (QED) is 0.242. The second-order valence-corrected chi connectivity index (χ2v) is 3.59. The Kier molecular flexibility index (Phi) is 6.35. The number of benzene rings is 1. The second-order valence-electron chi connectivity index (χ2n) is 3.59. The molecular weight excluding hydrogens is 315 g/mol. The molecule has 0 atom stereocenters. The van der Waals surface area contributed by atoms with Gasteiger partial charge in [-0.1, -0.05) is 6.07 Å². The first-order valence-electron chi connectivity index (χ1n) is 4.86. The largest absolute Gasteiger partial charge is 0.325 e. The molecule has 1 aromatic carbocycles. The molecule has 16 heavy (non-hydrogen) atoms. The van der Waals surface area contributed by atoms with Crippen molar-refractivity contribution in [2.24, 2.45) is 10.8 Å². The van der Waals surface area contributed by atoms with E-state index in [0.717, 1.165) is 5.69 Å². The summed E-state index contributed by atoms with van der Waals surface area (Å²) >= 11 is 0. The third-order valence-electron chi connectivity index (χ3n) is 2.45. The van der Waals surface area contributed by atoms with Gasteiger partial charge in [-0.2, -0.15) is 0 Å². The Hall–Kier alpha value is -0.820. The molecule has 0 heterocycles. The summed E-state index contributed by atoms with van der Waals surface area (Å²) in [5.74, 6) is 5.86. The molecule has 0 aromatic heterocycles. The number of aryl methyl sites for hydroxylation is 3. The van der Waals surface area contributed by atoms with Crippen molar-refractivity contribution >= 4 is 35.6 Å². The Balaban J connectivity index is 0.00000225. The number of halogens is 1. The van der Waals surface area contributed by atoms with E-state index in [1.165, 1.54) is 16.7 Å². The van der Waals surface area contributed by atoms with Gasteiger partial charge < -0.3 is 5.32 Å². The second kappa shape index (κ2) is 6.70. The van der Waals surface area contributed by atoms with Crippen LogP contribution < -0.4 is 16.6 Å². The number of hydrogen-bond donors (Lipinski definition) is 3. The summed E-state index contributed by atoms with van der Waals surface area (Å²) in [5, 5.41) is 3.13. The van der Waals surface area contributed by atoms with Crippen molar-refractivity contribution < 1.29 is 0 Å². The van der Waals surface area contributed by atoms with Gasteiger partial charge in [0.1, 0.15) is 0 Å². The summed E-state index contributed by atoms with van der Waals surface area (Å²) in [6, 6.07) is 4.23. The van der Waals surface area contributed by atoms with E-state index in [0.29, 0.717) is 5.96 Å². The van der Waals surface area contributed by atoms with Crippen LogP contribution in [0.15, 0.2) is 17.1 Å². The topological polar surface area (TPSA) is 62.4 Å². The van der Waals surface area contributed by atoms with Gasteiger partial charge in [-0.25, -0.2) is 5.84 Å². The maximum absolute atomic E-state index is 5.31. The number of nitrogens with zero attached hydrogens (tertiary/aromatic N) is 1. The summed E-state index contributed by atoms with van der Waals surface area (Å²) in [6.45, 7) is 6.24. The van der Waals surface area contributed by atoms with Crippen molar-refractivity contribution in [3.63, 3.8) is 0 Å². The summed E-state index contributed by atoms with van der Waals surface area (Å²) in [7, 11) is 1.68. The van der Waals surface area contributed by atoms with E-state index >= 15 is 0 Å². The predicted octanol–water partition coefficient (Wildman–Crippen LogP) is 2.09. The van der Waals surface area contributed by atoms with Gasteiger partial charge in [0.25, 0.3) is 0 Å². The number of nitrogens with two attached hydrogens (primary N) is 1. The molecule has 4 N–H and O–H groups in total. The highest BCUT2D eigenvalue weighted by atomic mass is 127. The number of nitrogens with one attached hydrogen (secondary N) is 2. The molecule has 0 fully saturated rings. The fourth-order valence-electron chi connectivity index (χ4n) is 1.38. The Labute approximate surface area is 114 Å². The average Bonchev–Trinajstić information content (AvgIpc) is 2.21. The first-order valence-corrected chi connectivity index (χ1v) is 4.86. The zero-order chi connectivity index (χ0) is 11.4. The molecule has 0 aliphatic rings. The molecule has 90 valence electrons. The number of hydrogen-bond acceptors (Lipinski definition) is 2. The first-order chi connectivity index (χ1) is 7.08. The van der Waals surface area contributed by atoms with Crippen molar-refractivity contribution in [2.75, 3.05) is 12.4 Å². The van der Waals surface area contributed by atoms with Crippen LogP contribution in [-0.4, -0.2) is 13.0 Å². The van der Waals surface area contributed by atoms with Crippen LogP contribution in [0, 0.1) is 20.8 Å². The van der Waals surface area contributed by atoms with Crippen LogP contribution in [0.2, 0.25) is 0 Å². The van der Waals surface area contributed by atoms with E-state index in [1.54, 1.807) is 7.05 Å². The minimum atomic E-state index is 0. The van der Waals surface area contributed by atoms with Crippen LogP contribution in [0.1, 0.15) is 16.7 Å². The first kappa shape index (κ1) is 15.2. The van der Waals surface area contributed by atoms with Crippen LogP contribution in [0.5, 0.6) is 0 Å². The minimum absolute atomic E-state index is 0. The maximum Gasteiger partial charge on any atom is 0.209 e. The Morgan fingerprint density at radius 3 is 2.19 bits per heavy atom. The van der Waals surface area contributed by atoms with E-state index in [1.807, 2.05) is 0 Å². The van der Waals surface area contributed by atoms with Crippen LogP contribution in [0.3, 0.4) is 0 Å². The molecule has 0 saturated carbocycles. The molecule has 0 amide bonds. The fourth-order valence-corrected chi connectivity index (χ4v) is 1.38. The molecular formula is C11H19IN4. The van der Waals surface area contributed by atoms with Crippen molar-refractivity contribution in [1.29, 1.82) is 0 Å². The zero-order valence-corrected chi connectivity index (χ0v) is 12.4. The van der Waals surface area contributed by atoms with Crippen molar-refractivity contribution in [2.45, 2.75) is 20.8 Å². The molecule has 0 aliphatic heterocycles. The summed E-state index contributed by atoms with van der Waals surface area (Å²) in [4.78, 5) is 3.96. The normalized spacial score (nSPS) is 10.7. The van der Waals surface area contributed by atoms with Crippen molar-refractivity contribution in [1.82, 2.24) is 5.43 Å². The monoisotopic (exact) mass is 334 g/mol. The van der Waals surface area contributed by atoms with Crippen LogP contribution in [0.4, 0.5) is 5.69 Å². The number of anilines is 1. The molecule has 4 nitrogen and oxygen atoms in total. The highest BCUT2D eigenvalue weighted by Gasteiger charge is 2.03. The molecule has 0 unspecified atom stereocenters. The summed E-state index contributed by atoms with van der Waals surface area (Å²) < 4.78 is 0. The molecule has 0 saturated heterocycles. The van der Waals surface area contributed by atoms with Gasteiger partial charge in [-0.15, -0.1) is 24.0 Å². The number of guanidine groups is 1. The lowest BCUT2D eigenvalue weighted by Crippen LogP contribution is -2.36. The van der Waals surface area contributed by atoms with Crippen molar-refractivity contribution in [3.8, 4) is 0 Å². The highest BCUT2D eigenvalue weighted by molar-refractivity contribution is 14.0. The van der Waals surface area contributed by atoms with Gasteiger partial charge in [-0.05, 0) is 43.5 Å². The highest BCUT2D eigenvalue weighted by Crippen LogP contribution is 2.19. The van der Waals surface area contributed by atoms with E-state index in [4.69, 9.17) is 5.84 Å². The molecule has 0 bridgehead atoms. The molecule has 5 heteroatoms. The van der Waals surface area contributed by atoms with Gasteiger partial charge in [0.2, 0.25) is 5.96 Å². The van der Waals surface area contributed by atoms with Crippen LogP contribution >= 0.6 is 24.0 Å². The Bertz CT molecular complexity index is 388. The minimum Gasteiger partial charge on any atom is -0.325 e. The zero-order valence-electron chi connectivity index (χ0n) is 10.1. The maximum atomic E-state index is 5.31. The standard InChI is InChI=1S/C11H18N4.HI/c1-7-5-9(3)10(6-8(7)2)14-11(13-4)15-12;/h5-6H,12H2,1-4H3,(H2,13,14,15);1H. The van der Waals surface area contributed by atoms with Gasteiger partial charge in [-0.3, -0.25) is 10.4 Å². The van der Waals surface area contributed by atoms with E-state index in [2.05, 4.69) is 48.6 Å². The molecule has 0 spiro atoms.